The second-order valence-corrected chi connectivity index (χ2v) is 4.78. The lowest BCUT2D eigenvalue weighted by molar-refractivity contribution is 0.409. The first kappa shape index (κ1) is 13.8. The van der Waals surface area contributed by atoms with Crippen molar-refractivity contribution >= 4 is 5.69 Å². The minimum atomic E-state index is -1.73. The van der Waals surface area contributed by atoms with Gasteiger partial charge in [0, 0.05) is 0 Å². The molecule has 1 N–H and O–H groups in total. The van der Waals surface area contributed by atoms with Gasteiger partial charge < -0.3 is 5.32 Å². The van der Waals surface area contributed by atoms with Crippen molar-refractivity contribution in [3.05, 3.63) is 58.7 Å². The molecule has 2 aromatic rings. The summed E-state index contributed by atoms with van der Waals surface area (Å²) in [6, 6.07) is 3.48. The van der Waals surface area contributed by atoms with Crippen LogP contribution < -0.4 is 5.32 Å². The number of aryl methyl sites for hydroxylation is 1. The summed E-state index contributed by atoms with van der Waals surface area (Å²) in [5.74, 6) is -7.14. The maximum Gasteiger partial charge on any atom is 0.253 e. The van der Waals surface area contributed by atoms with E-state index in [9.17, 15) is 22.0 Å². The SMILES string of the molecule is Fc1ccc2c(c1)C(Nc1c(F)c(F)nc(F)c1F)CC2. The van der Waals surface area contributed by atoms with Gasteiger partial charge in [0.25, 0.3) is 11.9 Å². The van der Waals surface area contributed by atoms with Crippen LogP contribution in [-0.2, 0) is 6.42 Å². The smallest absolute Gasteiger partial charge is 0.253 e. The van der Waals surface area contributed by atoms with Crippen molar-refractivity contribution in [3.63, 3.8) is 0 Å². The third kappa shape index (κ3) is 2.32. The van der Waals surface area contributed by atoms with Crippen molar-refractivity contribution < 1.29 is 22.0 Å². The Balaban J connectivity index is 1.99. The molecule has 0 radical (unpaired) electrons. The lowest BCUT2D eigenvalue weighted by atomic mass is 10.1. The third-order valence-electron chi connectivity index (χ3n) is 3.50. The molecule has 1 heterocycles. The maximum absolute atomic E-state index is 13.6. The Hall–Kier alpha value is -2.18. The quantitative estimate of drug-likeness (QED) is 0.672. The zero-order valence-electron chi connectivity index (χ0n) is 10.6. The van der Waals surface area contributed by atoms with Crippen molar-refractivity contribution in [1.29, 1.82) is 0 Å². The summed E-state index contributed by atoms with van der Waals surface area (Å²) >= 11 is 0. The molecule has 1 aliphatic rings. The molecule has 3 rings (SSSR count). The van der Waals surface area contributed by atoms with Crippen LogP contribution in [-0.4, -0.2) is 4.98 Å². The van der Waals surface area contributed by atoms with Crippen LogP contribution in [0.25, 0.3) is 0 Å². The van der Waals surface area contributed by atoms with Crippen LogP contribution in [0.2, 0.25) is 0 Å². The summed E-state index contributed by atoms with van der Waals surface area (Å²) in [4.78, 5) is 2.48. The first-order valence-electron chi connectivity index (χ1n) is 6.22. The molecular formula is C14H9F5N2. The number of aromatic nitrogens is 1. The summed E-state index contributed by atoms with van der Waals surface area (Å²) < 4.78 is 66.5. The average Bonchev–Trinajstić information content (AvgIpc) is 2.84. The Bertz CT molecular complexity index is 691. The number of pyridine rings is 1. The summed E-state index contributed by atoms with van der Waals surface area (Å²) in [5.41, 5.74) is 0.415. The van der Waals surface area contributed by atoms with Gasteiger partial charge in [-0.2, -0.15) is 22.5 Å². The second-order valence-electron chi connectivity index (χ2n) is 4.78. The van der Waals surface area contributed by atoms with Gasteiger partial charge in [-0.15, -0.1) is 0 Å². The third-order valence-corrected chi connectivity index (χ3v) is 3.50. The first-order chi connectivity index (χ1) is 9.97. The van der Waals surface area contributed by atoms with E-state index in [2.05, 4.69) is 10.3 Å². The van der Waals surface area contributed by atoms with Gasteiger partial charge in [0.2, 0.25) is 11.6 Å². The van der Waals surface area contributed by atoms with Crippen LogP contribution >= 0.6 is 0 Å². The molecule has 1 aromatic carbocycles. The molecule has 2 nitrogen and oxygen atoms in total. The van der Waals surface area contributed by atoms with E-state index in [0.717, 1.165) is 5.56 Å². The Kier molecular flexibility index (Phi) is 3.27. The monoisotopic (exact) mass is 300 g/mol. The Labute approximate surface area is 116 Å². The highest BCUT2D eigenvalue weighted by Gasteiger charge is 2.27. The number of halogens is 5. The number of hydrogen-bond donors (Lipinski definition) is 1. The van der Waals surface area contributed by atoms with Crippen LogP contribution in [0.5, 0.6) is 0 Å². The molecule has 7 heteroatoms. The number of nitrogens with one attached hydrogen (secondary N) is 1. The van der Waals surface area contributed by atoms with Crippen molar-refractivity contribution in [2.75, 3.05) is 5.32 Å². The van der Waals surface area contributed by atoms with Crippen LogP contribution in [0.1, 0.15) is 23.6 Å². The molecule has 0 aliphatic heterocycles. The fraction of sp³-hybridized carbons (Fsp3) is 0.214. The molecule has 21 heavy (non-hydrogen) atoms. The van der Waals surface area contributed by atoms with Gasteiger partial charge in [-0.05, 0) is 36.1 Å². The van der Waals surface area contributed by atoms with Crippen LogP contribution in [0, 0.1) is 29.3 Å². The summed E-state index contributed by atoms with van der Waals surface area (Å²) in [6.45, 7) is 0. The summed E-state index contributed by atoms with van der Waals surface area (Å²) in [7, 11) is 0. The number of nitrogens with zero attached hydrogens (tertiary/aromatic N) is 1. The lowest BCUT2D eigenvalue weighted by Gasteiger charge is -2.17. The predicted octanol–water partition coefficient (Wildman–Crippen LogP) is 3.88. The second kappa shape index (κ2) is 4.98. The topological polar surface area (TPSA) is 24.9 Å². The molecule has 0 amide bonds. The van der Waals surface area contributed by atoms with Gasteiger partial charge in [0.15, 0.2) is 0 Å². The molecule has 1 aromatic heterocycles. The zero-order valence-corrected chi connectivity index (χ0v) is 10.6. The van der Waals surface area contributed by atoms with Gasteiger partial charge >= 0.3 is 0 Å². The van der Waals surface area contributed by atoms with E-state index in [1.165, 1.54) is 12.1 Å². The van der Waals surface area contributed by atoms with Gasteiger partial charge in [0.1, 0.15) is 11.5 Å². The number of hydrogen-bond acceptors (Lipinski definition) is 2. The molecule has 0 saturated carbocycles. The van der Waals surface area contributed by atoms with E-state index >= 15 is 0 Å². The standard InChI is InChI=1S/C14H9F5N2/c15-7-3-1-6-2-4-9(8(6)5-7)20-12-10(16)13(18)21-14(19)11(12)17/h1,3,5,9H,2,4H2,(H,20,21). The Morgan fingerprint density at radius 3 is 2.33 bits per heavy atom. The molecule has 1 atom stereocenters. The number of fused-ring (bicyclic) bond motifs is 1. The first-order valence-corrected chi connectivity index (χ1v) is 6.22. The minimum absolute atomic E-state index is 0.434. The van der Waals surface area contributed by atoms with Gasteiger partial charge in [0.05, 0.1) is 6.04 Å². The zero-order chi connectivity index (χ0) is 15.1. The molecule has 0 fully saturated rings. The molecule has 110 valence electrons. The van der Waals surface area contributed by atoms with Crippen molar-refractivity contribution in [2.45, 2.75) is 18.9 Å². The fourth-order valence-corrected chi connectivity index (χ4v) is 2.51. The molecule has 1 aliphatic carbocycles. The van der Waals surface area contributed by atoms with E-state index in [1.807, 2.05) is 0 Å². The Morgan fingerprint density at radius 2 is 1.67 bits per heavy atom. The number of benzene rings is 1. The molecule has 0 bridgehead atoms. The number of rotatable bonds is 2. The normalized spacial score (nSPS) is 16.9. The number of anilines is 1. The van der Waals surface area contributed by atoms with E-state index in [0.29, 0.717) is 18.4 Å². The lowest BCUT2D eigenvalue weighted by Crippen LogP contribution is -2.13. The van der Waals surface area contributed by atoms with E-state index in [1.54, 1.807) is 6.07 Å². The molecular weight excluding hydrogens is 291 g/mol. The summed E-state index contributed by atoms with van der Waals surface area (Å²) in [6.07, 6.45) is 1.01. The molecule has 0 saturated heterocycles. The molecule has 1 unspecified atom stereocenters. The van der Waals surface area contributed by atoms with E-state index in [-0.39, 0.29) is 0 Å². The van der Waals surface area contributed by atoms with Crippen molar-refractivity contribution in [2.24, 2.45) is 0 Å². The highest BCUT2D eigenvalue weighted by molar-refractivity contribution is 5.50. The highest BCUT2D eigenvalue weighted by atomic mass is 19.2. The summed E-state index contributed by atoms with van der Waals surface area (Å²) in [5, 5.41) is 2.41. The van der Waals surface area contributed by atoms with Gasteiger partial charge in [-0.1, -0.05) is 6.07 Å². The van der Waals surface area contributed by atoms with Crippen LogP contribution in [0.4, 0.5) is 27.6 Å². The largest absolute Gasteiger partial charge is 0.373 e. The Morgan fingerprint density at radius 1 is 1.00 bits per heavy atom. The van der Waals surface area contributed by atoms with E-state index in [4.69, 9.17) is 0 Å². The van der Waals surface area contributed by atoms with Crippen LogP contribution in [0.15, 0.2) is 18.2 Å². The van der Waals surface area contributed by atoms with E-state index < -0.39 is 41.1 Å². The fourth-order valence-electron chi connectivity index (χ4n) is 2.51. The van der Waals surface area contributed by atoms with Crippen molar-refractivity contribution in [3.8, 4) is 0 Å². The predicted molar refractivity (Wildman–Crippen MR) is 65.2 cm³/mol. The minimum Gasteiger partial charge on any atom is -0.373 e. The average molecular weight is 300 g/mol. The molecule has 0 spiro atoms. The maximum atomic E-state index is 13.6. The van der Waals surface area contributed by atoms with Crippen molar-refractivity contribution in [1.82, 2.24) is 4.98 Å². The van der Waals surface area contributed by atoms with Gasteiger partial charge in [-0.25, -0.2) is 4.39 Å². The van der Waals surface area contributed by atoms with Gasteiger partial charge in [-0.3, -0.25) is 0 Å². The van der Waals surface area contributed by atoms with Crippen LogP contribution in [0.3, 0.4) is 0 Å². The highest BCUT2D eigenvalue weighted by Crippen LogP contribution is 2.36.